The van der Waals surface area contributed by atoms with Gasteiger partial charge in [-0.25, -0.2) is 5.01 Å². The molecule has 0 radical (unpaired) electrons. The Hall–Kier alpha value is -3.39. The first kappa shape index (κ1) is 18.9. The molecule has 2 amide bonds. The highest BCUT2D eigenvalue weighted by Gasteiger charge is 2.36. The molecule has 1 aromatic carbocycles. The Bertz CT molecular complexity index is 1020. The quantitative estimate of drug-likeness (QED) is 0.693. The second kappa shape index (κ2) is 7.92. The number of fused-ring (bicyclic) bond motifs is 1. The first-order chi connectivity index (χ1) is 14.0. The van der Waals surface area contributed by atoms with Crippen LogP contribution in [0.3, 0.4) is 0 Å². The second-order valence-electron chi connectivity index (χ2n) is 7.01. The van der Waals surface area contributed by atoms with Crippen molar-refractivity contribution in [3.63, 3.8) is 0 Å². The Kier molecular flexibility index (Phi) is 5.18. The Labute approximate surface area is 167 Å². The van der Waals surface area contributed by atoms with E-state index in [0.717, 1.165) is 11.0 Å². The molecule has 1 aliphatic heterocycles. The van der Waals surface area contributed by atoms with Crippen LogP contribution >= 0.6 is 0 Å². The van der Waals surface area contributed by atoms with E-state index in [2.05, 4.69) is 10.4 Å². The van der Waals surface area contributed by atoms with Gasteiger partial charge in [-0.2, -0.15) is 5.10 Å². The van der Waals surface area contributed by atoms with Crippen molar-refractivity contribution >= 4 is 28.5 Å². The van der Waals surface area contributed by atoms with Gasteiger partial charge in [-0.15, -0.1) is 0 Å². The Balaban J connectivity index is 1.59. The van der Waals surface area contributed by atoms with Gasteiger partial charge in [0.05, 0.1) is 19.4 Å². The monoisotopic (exact) mass is 394 g/mol. The number of furan rings is 2. The van der Waals surface area contributed by atoms with Crippen molar-refractivity contribution in [2.24, 2.45) is 5.10 Å². The minimum Gasteiger partial charge on any atom is -0.467 e. The highest BCUT2D eigenvalue weighted by Crippen LogP contribution is 2.34. The standard InChI is InChI=1S/C21H22N4O4/c1-22-20(26)12-24(2)13-21(27)25-16(18-8-5-9-28-18)11-15(23-25)19-10-14-6-3-4-7-17(14)29-19/h3-10,16H,11-13H2,1-2H3,(H,22,26). The summed E-state index contributed by atoms with van der Waals surface area (Å²) >= 11 is 0. The van der Waals surface area contributed by atoms with Gasteiger partial charge in [-0.3, -0.25) is 14.5 Å². The summed E-state index contributed by atoms with van der Waals surface area (Å²) in [4.78, 5) is 26.2. The van der Waals surface area contributed by atoms with Crippen LogP contribution in [0.25, 0.3) is 11.0 Å². The van der Waals surface area contributed by atoms with Gasteiger partial charge in [0.15, 0.2) is 5.76 Å². The average molecular weight is 394 g/mol. The van der Waals surface area contributed by atoms with E-state index in [4.69, 9.17) is 8.83 Å². The summed E-state index contributed by atoms with van der Waals surface area (Å²) in [7, 11) is 3.28. The number of nitrogens with one attached hydrogen (secondary N) is 1. The summed E-state index contributed by atoms with van der Waals surface area (Å²) in [6, 6.07) is 12.9. The van der Waals surface area contributed by atoms with E-state index in [1.54, 1.807) is 31.3 Å². The molecule has 4 rings (SSSR count). The Morgan fingerprint density at radius 1 is 1.24 bits per heavy atom. The van der Waals surface area contributed by atoms with Gasteiger partial charge < -0.3 is 14.2 Å². The van der Waals surface area contributed by atoms with Crippen LogP contribution in [-0.4, -0.2) is 54.6 Å². The predicted octanol–water partition coefficient (Wildman–Crippen LogP) is 2.38. The van der Waals surface area contributed by atoms with Crippen LogP contribution in [0.15, 0.2) is 62.7 Å². The van der Waals surface area contributed by atoms with Crippen molar-refractivity contribution in [3.05, 3.63) is 60.2 Å². The van der Waals surface area contributed by atoms with Crippen LogP contribution in [0.4, 0.5) is 0 Å². The molecule has 8 heteroatoms. The van der Waals surface area contributed by atoms with Crippen LogP contribution in [-0.2, 0) is 9.59 Å². The largest absolute Gasteiger partial charge is 0.467 e. The van der Waals surface area contributed by atoms with Crippen molar-refractivity contribution in [3.8, 4) is 0 Å². The summed E-state index contributed by atoms with van der Waals surface area (Å²) in [6.45, 7) is 0.184. The molecule has 29 heavy (non-hydrogen) atoms. The minimum absolute atomic E-state index is 0.0571. The molecule has 8 nitrogen and oxygen atoms in total. The number of para-hydroxylation sites is 1. The van der Waals surface area contributed by atoms with E-state index in [0.29, 0.717) is 23.7 Å². The smallest absolute Gasteiger partial charge is 0.257 e. The van der Waals surface area contributed by atoms with E-state index >= 15 is 0 Å². The van der Waals surface area contributed by atoms with Gasteiger partial charge in [0, 0.05) is 18.9 Å². The van der Waals surface area contributed by atoms with Gasteiger partial charge in [0.2, 0.25) is 5.91 Å². The van der Waals surface area contributed by atoms with Gasteiger partial charge in [-0.05, 0) is 31.3 Å². The van der Waals surface area contributed by atoms with Crippen LogP contribution in [0.2, 0.25) is 0 Å². The number of hydrazone groups is 1. The SMILES string of the molecule is CNC(=O)CN(C)CC(=O)N1N=C(c2cc3ccccc3o2)CC1c1ccco1. The number of benzene rings is 1. The van der Waals surface area contributed by atoms with Crippen molar-refractivity contribution in [2.75, 3.05) is 27.2 Å². The number of amides is 2. The maximum absolute atomic E-state index is 13.0. The fourth-order valence-corrected chi connectivity index (χ4v) is 3.40. The van der Waals surface area contributed by atoms with Crippen LogP contribution in [0, 0.1) is 0 Å². The Morgan fingerprint density at radius 3 is 2.79 bits per heavy atom. The lowest BCUT2D eigenvalue weighted by molar-refractivity contribution is -0.134. The third kappa shape index (κ3) is 3.93. The van der Waals surface area contributed by atoms with Gasteiger partial charge in [0.25, 0.3) is 5.91 Å². The molecular formula is C21H22N4O4. The lowest BCUT2D eigenvalue weighted by Gasteiger charge is -2.22. The van der Waals surface area contributed by atoms with Crippen LogP contribution < -0.4 is 5.32 Å². The molecule has 1 N–H and O–H groups in total. The van der Waals surface area contributed by atoms with E-state index < -0.39 is 0 Å². The zero-order valence-electron chi connectivity index (χ0n) is 16.3. The van der Waals surface area contributed by atoms with Gasteiger partial charge >= 0.3 is 0 Å². The van der Waals surface area contributed by atoms with Crippen molar-refractivity contribution in [1.29, 1.82) is 0 Å². The molecule has 1 atom stereocenters. The molecule has 0 fully saturated rings. The fraction of sp³-hybridized carbons (Fsp3) is 0.286. The molecule has 3 heterocycles. The third-order valence-electron chi connectivity index (χ3n) is 4.84. The lowest BCUT2D eigenvalue weighted by atomic mass is 10.1. The molecule has 3 aromatic rings. The number of carbonyl (C=O) groups is 2. The summed E-state index contributed by atoms with van der Waals surface area (Å²) in [6.07, 6.45) is 2.06. The van der Waals surface area contributed by atoms with Crippen molar-refractivity contribution in [2.45, 2.75) is 12.5 Å². The van der Waals surface area contributed by atoms with Crippen LogP contribution in [0.5, 0.6) is 0 Å². The summed E-state index contributed by atoms with van der Waals surface area (Å²) in [5, 5.41) is 9.53. The van der Waals surface area contributed by atoms with Gasteiger partial charge in [0.1, 0.15) is 23.1 Å². The molecule has 150 valence electrons. The zero-order valence-corrected chi connectivity index (χ0v) is 16.3. The number of rotatable bonds is 6. The van der Waals surface area contributed by atoms with E-state index in [1.165, 1.54) is 5.01 Å². The molecule has 0 spiro atoms. The second-order valence-corrected chi connectivity index (χ2v) is 7.01. The molecule has 1 unspecified atom stereocenters. The molecular weight excluding hydrogens is 372 g/mol. The maximum Gasteiger partial charge on any atom is 0.257 e. The Morgan fingerprint density at radius 2 is 2.07 bits per heavy atom. The molecule has 2 aromatic heterocycles. The number of hydrogen-bond acceptors (Lipinski definition) is 6. The summed E-state index contributed by atoms with van der Waals surface area (Å²) in [5.74, 6) is 0.915. The third-order valence-corrected chi connectivity index (χ3v) is 4.84. The molecule has 1 aliphatic rings. The molecule has 0 aliphatic carbocycles. The number of nitrogens with zero attached hydrogens (tertiary/aromatic N) is 3. The van der Waals surface area contributed by atoms with Gasteiger partial charge in [-0.1, -0.05) is 18.2 Å². The van der Waals surface area contributed by atoms with E-state index in [1.807, 2.05) is 36.4 Å². The predicted molar refractivity (Wildman–Crippen MR) is 107 cm³/mol. The first-order valence-electron chi connectivity index (χ1n) is 9.36. The highest BCUT2D eigenvalue weighted by atomic mass is 16.3. The minimum atomic E-state index is -0.353. The highest BCUT2D eigenvalue weighted by molar-refractivity contribution is 6.03. The fourth-order valence-electron chi connectivity index (χ4n) is 3.40. The first-order valence-corrected chi connectivity index (χ1v) is 9.36. The van der Waals surface area contributed by atoms with E-state index in [-0.39, 0.29) is 30.9 Å². The maximum atomic E-state index is 13.0. The van der Waals surface area contributed by atoms with Crippen LogP contribution in [0.1, 0.15) is 24.0 Å². The lowest BCUT2D eigenvalue weighted by Crippen LogP contribution is -2.40. The zero-order chi connectivity index (χ0) is 20.4. The molecule has 0 saturated carbocycles. The average Bonchev–Trinajstić information content (AvgIpc) is 3.45. The summed E-state index contributed by atoms with van der Waals surface area (Å²) < 4.78 is 11.5. The number of likely N-dealkylation sites (N-methyl/N-ethyl adjacent to an activating group) is 2. The van der Waals surface area contributed by atoms with Crippen molar-refractivity contribution < 1.29 is 18.4 Å². The topological polar surface area (TPSA) is 91.3 Å². The summed E-state index contributed by atoms with van der Waals surface area (Å²) in [5.41, 5.74) is 1.46. The normalized spacial score (nSPS) is 16.4. The van der Waals surface area contributed by atoms with E-state index in [9.17, 15) is 9.59 Å². The molecule has 0 saturated heterocycles. The number of carbonyl (C=O) groups excluding carboxylic acids is 2. The van der Waals surface area contributed by atoms with Crippen molar-refractivity contribution in [1.82, 2.24) is 15.2 Å². The molecule has 0 bridgehead atoms. The number of hydrogen-bond donors (Lipinski definition) is 1.